The van der Waals surface area contributed by atoms with Gasteiger partial charge in [-0.25, -0.2) is 8.78 Å². The van der Waals surface area contributed by atoms with E-state index in [2.05, 4.69) is 18.4 Å². The summed E-state index contributed by atoms with van der Waals surface area (Å²) in [5, 5.41) is 2.92. The molecule has 0 aromatic heterocycles. The molecule has 0 radical (unpaired) electrons. The number of hydrogen-bond donors (Lipinski definition) is 1. The summed E-state index contributed by atoms with van der Waals surface area (Å²) in [6, 6.07) is 9.74. The van der Waals surface area contributed by atoms with Crippen molar-refractivity contribution >= 4 is 20.2 Å². The third-order valence-electron chi connectivity index (χ3n) is 6.64. The highest BCUT2D eigenvalue weighted by Gasteiger charge is 2.50. The van der Waals surface area contributed by atoms with Crippen LogP contribution < -0.4 is 5.32 Å². The highest BCUT2D eigenvalue weighted by molar-refractivity contribution is 6.71. The number of carbonyl (C=O) groups excluding carboxylic acids is 2. The van der Waals surface area contributed by atoms with Gasteiger partial charge in [-0.1, -0.05) is 37.3 Å². The molecule has 1 heterocycles. The molecule has 1 N–H and O–H groups in total. The summed E-state index contributed by atoms with van der Waals surface area (Å²) in [5.41, 5.74) is 0.320. The van der Waals surface area contributed by atoms with Gasteiger partial charge in [0.05, 0.1) is 18.3 Å². The fourth-order valence-corrected chi connectivity index (χ4v) is 6.36. The van der Waals surface area contributed by atoms with Crippen LogP contribution in [0.15, 0.2) is 30.3 Å². The number of halogens is 2. The summed E-state index contributed by atoms with van der Waals surface area (Å²) in [7, 11) is -2.20. The molecule has 0 bridgehead atoms. The van der Waals surface area contributed by atoms with Gasteiger partial charge < -0.3 is 14.5 Å². The molecule has 1 amide bonds. The van der Waals surface area contributed by atoms with Crippen LogP contribution in [0.3, 0.4) is 0 Å². The Morgan fingerprint density at radius 2 is 1.91 bits per heavy atom. The van der Waals surface area contributed by atoms with Crippen LogP contribution in [-0.4, -0.2) is 62.4 Å². The van der Waals surface area contributed by atoms with Crippen molar-refractivity contribution in [3.05, 3.63) is 35.9 Å². The molecule has 9 heteroatoms. The largest absolute Gasteiger partial charge is 0.430 e. The maximum atomic E-state index is 14.2. The third-order valence-corrected chi connectivity index (χ3v) is 9.06. The zero-order chi connectivity index (χ0) is 26.1. The van der Waals surface area contributed by atoms with Gasteiger partial charge >= 0.3 is 5.97 Å². The van der Waals surface area contributed by atoms with Crippen LogP contribution in [0.25, 0.3) is 0 Å². The van der Waals surface area contributed by atoms with Crippen molar-refractivity contribution in [3.63, 3.8) is 0 Å². The average Bonchev–Trinajstić information content (AvgIpc) is 3.14. The summed E-state index contributed by atoms with van der Waals surface area (Å²) in [6.45, 7) is 9.96. The lowest BCUT2D eigenvalue weighted by atomic mass is 9.96. The van der Waals surface area contributed by atoms with Gasteiger partial charge in [0.15, 0.2) is 8.32 Å². The third kappa shape index (κ3) is 9.27. The zero-order valence-electron chi connectivity index (χ0n) is 21.8. The van der Waals surface area contributed by atoms with E-state index in [4.69, 9.17) is 9.16 Å². The van der Waals surface area contributed by atoms with E-state index in [0.717, 1.165) is 5.56 Å². The first-order valence-electron chi connectivity index (χ1n) is 12.7. The van der Waals surface area contributed by atoms with Crippen molar-refractivity contribution in [1.29, 1.82) is 0 Å². The number of nitrogens with one attached hydrogen (secondary N) is 1. The Morgan fingerprint density at radius 1 is 1.23 bits per heavy atom. The normalized spacial score (nSPS) is 22.5. The molecule has 1 aromatic carbocycles. The molecule has 0 saturated carbocycles. The first-order valence-corrected chi connectivity index (χ1v) is 15.8. The molecule has 198 valence electrons. The predicted molar refractivity (Wildman–Crippen MR) is 136 cm³/mol. The molecule has 1 aliphatic heterocycles. The second-order valence-corrected chi connectivity index (χ2v) is 14.6. The molecule has 4 atom stereocenters. The smallest absolute Gasteiger partial charge is 0.325 e. The molecule has 0 spiro atoms. The maximum Gasteiger partial charge on any atom is 0.325 e. The van der Waals surface area contributed by atoms with Crippen molar-refractivity contribution in [2.24, 2.45) is 0 Å². The number of esters is 1. The van der Waals surface area contributed by atoms with Crippen molar-refractivity contribution < 1.29 is 27.5 Å². The average molecular weight is 513 g/mol. The number of likely N-dealkylation sites (tertiary alicyclic amines) is 1. The van der Waals surface area contributed by atoms with Gasteiger partial charge in [-0.15, -0.1) is 0 Å². The molecule has 2 rings (SSSR count). The lowest BCUT2D eigenvalue weighted by Crippen LogP contribution is -2.59. The number of amides is 1. The Balaban J connectivity index is 2.33. The molecule has 6 nitrogen and oxygen atoms in total. The highest BCUT2D eigenvalue weighted by atomic mass is 28.4. The quantitative estimate of drug-likeness (QED) is 0.276. The van der Waals surface area contributed by atoms with E-state index in [1.165, 1.54) is 6.92 Å². The van der Waals surface area contributed by atoms with Gasteiger partial charge in [-0.2, -0.15) is 0 Å². The van der Waals surface area contributed by atoms with E-state index < -0.39 is 38.4 Å². The second-order valence-electron chi connectivity index (χ2n) is 10.3. The monoisotopic (exact) mass is 512 g/mol. The van der Waals surface area contributed by atoms with Crippen molar-refractivity contribution in [2.75, 3.05) is 13.2 Å². The Bertz CT molecular complexity index is 812. The fourth-order valence-electron chi connectivity index (χ4n) is 4.46. The van der Waals surface area contributed by atoms with Gasteiger partial charge in [0.1, 0.15) is 6.04 Å². The Hall–Kier alpha value is -1.84. The van der Waals surface area contributed by atoms with Gasteiger partial charge in [0, 0.05) is 26.4 Å². The topological polar surface area (TPSA) is 67.9 Å². The zero-order valence-corrected chi connectivity index (χ0v) is 22.8. The fraction of sp³-hybridized carbons (Fsp3) is 0.692. The van der Waals surface area contributed by atoms with Crippen molar-refractivity contribution in [1.82, 2.24) is 10.2 Å². The number of hydrogen-bond acceptors (Lipinski definition) is 5. The Kier molecular flexibility index (Phi) is 11.3. The number of carbonyl (C=O) groups is 2. The number of rotatable bonds is 14. The van der Waals surface area contributed by atoms with Crippen LogP contribution in [0.5, 0.6) is 0 Å². The van der Waals surface area contributed by atoms with E-state index in [9.17, 15) is 18.4 Å². The minimum absolute atomic E-state index is 0.157. The van der Waals surface area contributed by atoms with E-state index in [1.54, 1.807) is 6.92 Å². The molecule has 0 aliphatic carbocycles. The van der Waals surface area contributed by atoms with Crippen molar-refractivity contribution in [2.45, 2.75) is 103 Å². The molecule has 1 aliphatic rings. The minimum atomic E-state index is -2.20. The molecular weight excluding hydrogens is 470 g/mol. The van der Waals surface area contributed by atoms with Crippen LogP contribution in [0.4, 0.5) is 8.78 Å². The van der Waals surface area contributed by atoms with Crippen LogP contribution in [-0.2, 0) is 25.3 Å². The Morgan fingerprint density at radius 3 is 2.51 bits per heavy atom. The first-order chi connectivity index (χ1) is 16.5. The van der Waals surface area contributed by atoms with Crippen molar-refractivity contribution in [3.8, 4) is 0 Å². The summed E-state index contributed by atoms with van der Waals surface area (Å²) in [4.78, 5) is 27.0. The van der Waals surface area contributed by atoms with Gasteiger partial charge in [0.2, 0.25) is 12.3 Å². The lowest BCUT2D eigenvalue weighted by Gasteiger charge is -2.42. The lowest BCUT2D eigenvalue weighted by molar-refractivity contribution is -0.165. The van der Waals surface area contributed by atoms with Crippen LogP contribution in [0.1, 0.15) is 58.4 Å². The van der Waals surface area contributed by atoms with E-state index in [0.29, 0.717) is 38.3 Å². The number of ether oxygens (including phenoxy) is 1. The molecule has 2 unspecified atom stereocenters. The summed E-state index contributed by atoms with van der Waals surface area (Å²) in [6.07, 6.45) is -0.312. The summed E-state index contributed by atoms with van der Waals surface area (Å²) < 4.78 is 39.3. The molecule has 1 aromatic rings. The standard InChI is InChI=1S/C26H42F2N2O4Si/c1-6-10-24(28)34-25(32)23-13-15-26(18-29-21(3)31,19-33-35(4,5)16-14-20(2)27)30(23)17-22-11-8-7-9-12-22/h7-9,11-12,20,23-24H,6,10,13-19H2,1-5H3,(H,29,31)/t20?,23-,24?,26-/m1/s1. The number of alkyl halides is 2. The number of benzene rings is 1. The van der Waals surface area contributed by atoms with Gasteiger partial charge in [-0.3, -0.25) is 14.5 Å². The van der Waals surface area contributed by atoms with Gasteiger partial charge in [0.25, 0.3) is 0 Å². The summed E-state index contributed by atoms with van der Waals surface area (Å²) in [5.74, 6) is -0.765. The molecule has 1 saturated heterocycles. The first kappa shape index (κ1) is 29.4. The maximum absolute atomic E-state index is 14.2. The van der Waals surface area contributed by atoms with E-state index >= 15 is 0 Å². The SMILES string of the molecule is CCCC(F)OC(=O)[C@H]1CC[C@@](CNC(C)=O)(CO[Si](C)(C)CCC(C)F)N1Cc1ccccc1. The van der Waals surface area contributed by atoms with Crippen LogP contribution in [0, 0.1) is 0 Å². The van der Waals surface area contributed by atoms with Crippen LogP contribution in [0.2, 0.25) is 19.1 Å². The Labute approximate surface area is 209 Å². The molecule has 1 fully saturated rings. The highest BCUT2D eigenvalue weighted by Crippen LogP contribution is 2.37. The number of nitrogens with zero attached hydrogens (tertiary/aromatic N) is 1. The van der Waals surface area contributed by atoms with Gasteiger partial charge in [-0.05, 0) is 57.3 Å². The van der Waals surface area contributed by atoms with E-state index in [-0.39, 0.29) is 25.5 Å². The second kappa shape index (κ2) is 13.5. The van der Waals surface area contributed by atoms with E-state index in [1.807, 2.05) is 42.2 Å². The molecular formula is C26H42F2N2O4Si. The predicted octanol–water partition coefficient (Wildman–Crippen LogP) is 5.13. The van der Waals surface area contributed by atoms with Crippen LogP contribution >= 0.6 is 0 Å². The summed E-state index contributed by atoms with van der Waals surface area (Å²) >= 11 is 0. The minimum Gasteiger partial charge on any atom is -0.430 e. The molecule has 35 heavy (non-hydrogen) atoms.